The van der Waals surface area contributed by atoms with E-state index in [0.717, 1.165) is 5.56 Å². The maximum atomic E-state index is 13.1. The van der Waals surface area contributed by atoms with E-state index in [1.807, 2.05) is 13.8 Å². The zero-order chi connectivity index (χ0) is 10.2. The van der Waals surface area contributed by atoms with Crippen LogP contribution >= 0.6 is 11.6 Å². The van der Waals surface area contributed by atoms with Crippen LogP contribution in [-0.2, 0) is 5.54 Å². The first-order valence-electron chi connectivity index (χ1n) is 4.07. The second kappa shape index (κ2) is 3.28. The van der Waals surface area contributed by atoms with Crippen LogP contribution in [0.3, 0.4) is 0 Å². The molecule has 0 unspecified atom stereocenters. The van der Waals surface area contributed by atoms with Crippen LogP contribution in [-0.4, -0.2) is 0 Å². The Balaban J connectivity index is 3.29. The van der Waals surface area contributed by atoms with Crippen molar-refractivity contribution in [1.82, 2.24) is 0 Å². The molecule has 0 heterocycles. The van der Waals surface area contributed by atoms with Gasteiger partial charge in [0.05, 0.1) is 5.02 Å². The van der Waals surface area contributed by atoms with Gasteiger partial charge in [0.1, 0.15) is 5.82 Å². The first-order chi connectivity index (χ1) is 5.82. The van der Waals surface area contributed by atoms with Gasteiger partial charge in [0.15, 0.2) is 0 Å². The van der Waals surface area contributed by atoms with Crippen molar-refractivity contribution in [2.45, 2.75) is 26.3 Å². The van der Waals surface area contributed by atoms with E-state index >= 15 is 0 Å². The molecule has 2 N–H and O–H groups in total. The Hall–Kier alpha value is -0.600. The standard InChI is InChI=1S/C10H13ClFN/c1-6-4-7(10(2,3)13)5-8(11)9(6)12/h4-5H,13H2,1-3H3. The zero-order valence-electron chi connectivity index (χ0n) is 7.99. The van der Waals surface area contributed by atoms with Gasteiger partial charge in [0, 0.05) is 5.54 Å². The fourth-order valence-electron chi connectivity index (χ4n) is 1.10. The number of nitrogens with two attached hydrogens (primary N) is 1. The van der Waals surface area contributed by atoms with Crippen molar-refractivity contribution in [3.8, 4) is 0 Å². The SMILES string of the molecule is Cc1cc(C(C)(C)N)cc(Cl)c1F. The summed E-state index contributed by atoms with van der Waals surface area (Å²) in [5.41, 5.74) is 6.75. The van der Waals surface area contributed by atoms with E-state index < -0.39 is 5.54 Å². The highest BCUT2D eigenvalue weighted by atomic mass is 35.5. The molecule has 0 atom stereocenters. The quantitative estimate of drug-likeness (QED) is 0.743. The van der Waals surface area contributed by atoms with Gasteiger partial charge in [-0.2, -0.15) is 0 Å². The Bertz CT molecular complexity index is 305. The van der Waals surface area contributed by atoms with Gasteiger partial charge in [0.25, 0.3) is 0 Å². The third-order valence-corrected chi connectivity index (χ3v) is 2.23. The molecule has 0 radical (unpaired) electrons. The lowest BCUT2D eigenvalue weighted by Crippen LogP contribution is -2.28. The summed E-state index contributed by atoms with van der Waals surface area (Å²) in [6.45, 7) is 5.39. The van der Waals surface area contributed by atoms with Crippen molar-refractivity contribution in [1.29, 1.82) is 0 Å². The summed E-state index contributed by atoms with van der Waals surface area (Å²) in [5, 5.41) is 0.133. The lowest BCUT2D eigenvalue weighted by Gasteiger charge is -2.20. The molecule has 1 aromatic carbocycles. The number of hydrogen-bond donors (Lipinski definition) is 1. The van der Waals surface area contributed by atoms with Crippen LogP contribution in [0, 0.1) is 12.7 Å². The second-order valence-electron chi connectivity index (χ2n) is 3.81. The fraction of sp³-hybridized carbons (Fsp3) is 0.400. The minimum Gasteiger partial charge on any atom is -0.322 e. The molecule has 72 valence electrons. The highest BCUT2D eigenvalue weighted by Gasteiger charge is 2.17. The first-order valence-corrected chi connectivity index (χ1v) is 4.45. The van der Waals surface area contributed by atoms with Gasteiger partial charge >= 0.3 is 0 Å². The number of halogens is 2. The molecule has 0 aromatic heterocycles. The third kappa shape index (κ3) is 2.20. The van der Waals surface area contributed by atoms with Crippen molar-refractivity contribution in [2.75, 3.05) is 0 Å². The van der Waals surface area contributed by atoms with Gasteiger partial charge in [-0.1, -0.05) is 17.7 Å². The smallest absolute Gasteiger partial charge is 0.144 e. The highest BCUT2D eigenvalue weighted by molar-refractivity contribution is 6.30. The average Bonchev–Trinajstić information content (AvgIpc) is 1.97. The molecule has 3 heteroatoms. The second-order valence-corrected chi connectivity index (χ2v) is 4.22. The van der Waals surface area contributed by atoms with Crippen LogP contribution in [0.4, 0.5) is 4.39 Å². The Labute approximate surface area is 82.7 Å². The topological polar surface area (TPSA) is 26.0 Å². The largest absolute Gasteiger partial charge is 0.322 e. The molecular weight excluding hydrogens is 189 g/mol. The summed E-state index contributed by atoms with van der Waals surface area (Å²) in [6, 6.07) is 3.30. The van der Waals surface area contributed by atoms with Crippen LogP contribution < -0.4 is 5.73 Å². The van der Waals surface area contributed by atoms with Gasteiger partial charge in [-0.15, -0.1) is 0 Å². The van der Waals surface area contributed by atoms with E-state index in [-0.39, 0.29) is 10.8 Å². The van der Waals surface area contributed by atoms with Crippen LogP contribution in [0.15, 0.2) is 12.1 Å². The molecule has 0 saturated carbocycles. The van der Waals surface area contributed by atoms with E-state index in [1.54, 1.807) is 19.1 Å². The normalized spacial score (nSPS) is 11.8. The van der Waals surface area contributed by atoms with Crippen molar-refractivity contribution in [3.05, 3.63) is 34.1 Å². The van der Waals surface area contributed by atoms with Gasteiger partial charge in [-0.05, 0) is 38.0 Å². The highest BCUT2D eigenvalue weighted by Crippen LogP contribution is 2.25. The summed E-state index contributed by atoms with van der Waals surface area (Å²) in [7, 11) is 0. The Morgan fingerprint density at radius 2 is 1.92 bits per heavy atom. The average molecular weight is 202 g/mol. The molecule has 0 aliphatic rings. The van der Waals surface area contributed by atoms with E-state index in [4.69, 9.17) is 17.3 Å². The van der Waals surface area contributed by atoms with E-state index in [0.29, 0.717) is 5.56 Å². The Morgan fingerprint density at radius 1 is 1.38 bits per heavy atom. The third-order valence-electron chi connectivity index (χ3n) is 1.95. The first kappa shape index (κ1) is 10.5. The van der Waals surface area contributed by atoms with Crippen LogP contribution in [0.5, 0.6) is 0 Å². The number of rotatable bonds is 1. The van der Waals surface area contributed by atoms with E-state index in [1.165, 1.54) is 0 Å². The van der Waals surface area contributed by atoms with Gasteiger partial charge in [0.2, 0.25) is 0 Å². The molecular formula is C10H13ClFN. The molecule has 0 saturated heterocycles. The van der Waals surface area contributed by atoms with Gasteiger partial charge in [-0.3, -0.25) is 0 Å². The Morgan fingerprint density at radius 3 is 2.31 bits per heavy atom. The van der Waals surface area contributed by atoms with Crippen molar-refractivity contribution in [2.24, 2.45) is 5.73 Å². The van der Waals surface area contributed by atoms with Gasteiger partial charge in [-0.25, -0.2) is 4.39 Å². The molecule has 0 fully saturated rings. The molecule has 0 aliphatic heterocycles. The van der Waals surface area contributed by atoms with Crippen LogP contribution in [0.2, 0.25) is 5.02 Å². The van der Waals surface area contributed by atoms with Gasteiger partial charge < -0.3 is 5.73 Å². The summed E-state index contributed by atoms with van der Waals surface area (Å²) >= 11 is 5.69. The van der Waals surface area contributed by atoms with Crippen LogP contribution in [0.25, 0.3) is 0 Å². The molecule has 1 aromatic rings. The van der Waals surface area contributed by atoms with E-state index in [9.17, 15) is 4.39 Å². The number of aryl methyl sites for hydroxylation is 1. The molecule has 0 aliphatic carbocycles. The number of benzene rings is 1. The molecule has 13 heavy (non-hydrogen) atoms. The minimum absolute atomic E-state index is 0.133. The number of hydrogen-bond acceptors (Lipinski definition) is 1. The predicted molar refractivity (Wildman–Crippen MR) is 53.4 cm³/mol. The fourth-order valence-corrected chi connectivity index (χ4v) is 1.37. The van der Waals surface area contributed by atoms with Crippen LogP contribution in [0.1, 0.15) is 25.0 Å². The zero-order valence-corrected chi connectivity index (χ0v) is 8.74. The summed E-state index contributed by atoms with van der Waals surface area (Å²) in [6.07, 6.45) is 0. The molecule has 0 bridgehead atoms. The minimum atomic E-state index is -0.484. The summed E-state index contributed by atoms with van der Waals surface area (Å²) in [5.74, 6) is -0.366. The monoisotopic (exact) mass is 201 g/mol. The molecule has 1 nitrogen and oxygen atoms in total. The molecule has 0 amide bonds. The maximum Gasteiger partial charge on any atom is 0.144 e. The van der Waals surface area contributed by atoms with Crippen molar-refractivity contribution in [3.63, 3.8) is 0 Å². The lowest BCUT2D eigenvalue weighted by molar-refractivity contribution is 0.549. The predicted octanol–water partition coefficient (Wildman–Crippen LogP) is 2.98. The van der Waals surface area contributed by atoms with Crippen molar-refractivity contribution < 1.29 is 4.39 Å². The molecule has 1 rings (SSSR count). The van der Waals surface area contributed by atoms with Crippen molar-refractivity contribution >= 4 is 11.6 Å². The Kier molecular flexibility index (Phi) is 2.64. The van der Waals surface area contributed by atoms with E-state index in [2.05, 4.69) is 0 Å². The summed E-state index contributed by atoms with van der Waals surface area (Å²) in [4.78, 5) is 0. The maximum absolute atomic E-state index is 13.1. The molecule has 0 spiro atoms. The summed E-state index contributed by atoms with van der Waals surface area (Å²) < 4.78 is 13.1. The lowest BCUT2D eigenvalue weighted by atomic mass is 9.94.